The molecule has 0 atom stereocenters. The number of nitrogens with two attached hydrogens (primary N) is 1. The first kappa shape index (κ1) is 13.7. The second-order valence-electron chi connectivity index (χ2n) is 4.13. The molecule has 0 radical (unpaired) electrons. The number of rotatable bonds is 3. The predicted molar refractivity (Wildman–Crippen MR) is 77.9 cm³/mol. The van der Waals surface area contributed by atoms with Crippen LogP contribution in [0.1, 0.15) is 5.56 Å². The predicted octanol–water partition coefficient (Wildman–Crippen LogP) is 3.03. The Kier molecular flexibility index (Phi) is 3.68. The van der Waals surface area contributed by atoms with E-state index in [0.29, 0.717) is 10.7 Å². The van der Waals surface area contributed by atoms with E-state index in [9.17, 15) is 8.42 Å². The first-order valence-corrected chi connectivity index (χ1v) is 7.40. The van der Waals surface area contributed by atoms with Gasteiger partial charge in [0.2, 0.25) is 0 Å². The van der Waals surface area contributed by atoms with Crippen molar-refractivity contribution in [2.75, 3.05) is 10.5 Å². The molecule has 6 heteroatoms. The van der Waals surface area contributed by atoms with Gasteiger partial charge in [0.15, 0.2) is 0 Å². The zero-order valence-electron chi connectivity index (χ0n) is 10.2. The molecule has 3 N–H and O–H groups in total. The SMILES string of the molecule is Cc1ccc(S(=O)(=O)Nc2ccccc2Cl)c(N)c1. The average Bonchev–Trinajstić information content (AvgIpc) is 2.31. The van der Waals surface area contributed by atoms with Crippen LogP contribution in [0.4, 0.5) is 11.4 Å². The fourth-order valence-corrected chi connectivity index (χ4v) is 3.09. The number of aryl methyl sites for hydroxylation is 1. The van der Waals surface area contributed by atoms with Gasteiger partial charge < -0.3 is 5.73 Å². The Labute approximate surface area is 117 Å². The van der Waals surface area contributed by atoms with Gasteiger partial charge in [0.1, 0.15) is 4.90 Å². The summed E-state index contributed by atoms with van der Waals surface area (Å²) in [5.74, 6) is 0. The lowest BCUT2D eigenvalue weighted by molar-refractivity contribution is 0.601. The Morgan fingerprint density at radius 1 is 1.16 bits per heavy atom. The van der Waals surface area contributed by atoms with E-state index in [-0.39, 0.29) is 10.6 Å². The van der Waals surface area contributed by atoms with Gasteiger partial charge in [-0.1, -0.05) is 29.8 Å². The molecule has 2 rings (SSSR count). The second-order valence-corrected chi connectivity index (χ2v) is 6.18. The Hall–Kier alpha value is -1.72. The van der Waals surface area contributed by atoms with E-state index in [1.54, 1.807) is 36.4 Å². The Morgan fingerprint density at radius 2 is 1.84 bits per heavy atom. The van der Waals surface area contributed by atoms with Crippen LogP contribution in [0.2, 0.25) is 5.02 Å². The van der Waals surface area contributed by atoms with Crippen molar-refractivity contribution >= 4 is 33.0 Å². The van der Waals surface area contributed by atoms with Crippen molar-refractivity contribution < 1.29 is 8.42 Å². The molecular weight excluding hydrogens is 284 g/mol. The van der Waals surface area contributed by atoms with Crippen LogP contribution >= 0.6 is 11.6 Å². The molecule has 0 saturated carbocycles. The number of anilines is 2. The van der Waals surface area contributed by atoms with Crippen LogP contribution in [-0.2, 0) is 10.0 Å². The topological polar surface area (TPSA) is 72.2 Å². The zero-order chi connectivity index (χ0) is 14.0. The van der Waals surface area contributed by atoms with Gasteiger partial charge >= 0.3 is 0 Å². The molecule has 0 aliphatic carbocycles. The third-order valence-corrected chi connectivity index (χ3v) is 4.34. The van der Waals surface area contributed by atoms with Gasteiger partial charge in [-0.25, -0.2) is 8.42 Å². The number of nitrogens with one attached hydrogen (secondary N) is 1. The minimum absolute atomic E-state index is 0.0398. The molecule has 2 aromatic rings. The van der Waals surface area contributed by atoms with Crippen LogP contribution in [0.25, 0.3) is 0 Å². The highest BCUT2D eigenvalue weighted by Crippen LogP contribution is 2.26. The van der Waals surface area contributed by atoms with Gasteiger partial charge in [0.25, 0.3) is 10.0 Å². The monoisotopic (exact) mass is 296 g/mol. The van der Waals surface area contributed by atoms with Crippen LogP contribution in [0.15, 0.2) is 47.4 Å². The quantitative estimate of drug-likeness (QED) is 0.855. The maximum absolute atomic E-state index is 12.2. The van der Waals surface area contributed by atoms with Gasteiger partial charge in [-0.3, -0.25) is 4.72 Å². The maximum Gasteiger partial charge on any atom is 0.263 e. The summed E-state index contributed by atoms with van der Waals surface area (Å²) in [4.78, 5) is 0.0398. The molecule has 2 aromatic carbocycles. The van der Waals surface area contributed by atoms with Crippen LogP contribution in [-0.4, -0.2) is 8.42 Å². The number of benzene rings is 2. The molecule has 0 heterocycles. The van der Waals surface area contributed by atoms with Gasteiger partial charge in [-0.2, -0.15) is 0 Å². The molecular formula is C13H13ClN2O2S. The molecule has 0 spiro atoms. The standard InChI is InChI=1S/C13H13ClN2O2S/c1-9-6-7-13(11(15)8-9)19(17,18)16-12-5-3-2-4-10(12)14/h2-8,16H,15H2,1H3. The van der Waals surface area contributed by atoms with E-state index in [0.717, 1.165) is 5.56 Å². The molecule has 0 bridgehead atoms. The van der Waals surface area contributed by atoms with E-state index < -0.39 is 10.0 Å². The first-order valence-electron chi connectivity index (χ1n) is 5.53. The summed E-state index contributed by atoms with van der Waals surface area (Å²) in [6, 6.07) is 11.4. The Bertz CT molecular complexity index is 714. The molecule has 0 fully saturated rings. The van der Waals surface area contributed by atoms with E-state index in [2.05, 4.69) is 4.72 Å². The van der Waals surface area contributed by atoms with Crippen molar-refractivity contribution in [3.05, 3.63) is 53.1 Å². The summed E-state index contributed by atoms with van der Waals surface area (Å²) in [5, 5.41) is 0.330. The molecule has 0 unspecified atom stereocenters. The molecule has 19 heavy (non-hydrogen) atoms. The number of para-hydroxylation sites is 1. The fourth-order valence-electron chi connectivity index (χ4n) is 1.66. The maximum atomic E-state index is 12.2. The third kappa shape index (κ3) is 3.00. The van der Waals surface area contributed by atoms with E-state index in [1.165, 1.54) is 6.07 Å². The Morgan fingerprint density at radius 3 is 2.47 bits per heavy atom. The minimum Gasteiger partial charge on any atom is -0.398 e. The van der Waals surface area contributed by atoms with Crippen molar-refractivity contribution in [2.24, 2.45) is 0 Å². The lowest BCUT2D eigenvalue weighted by atomic mass is 10.2. The van der Waals surface area contributed by atoms with Gasteiger partial charge in [-0.05, 0) is 36.8 Å². The normalized spacial score (nSPS) is 11.3. The van der Waals surface area contributed by atoms with Crippen molar-refractivity contribution in [2.45, 2.75) is 11.8 Å². The van der Waals surface area contributed by atoms with Crippen LogP contribution in [0.3, 0.4) is 0 Å². The average molecular weight is 297 g/mol. The number of hydrogen-bond donors (Lipinski definition) is 2. The van der Waals surface area contributed by atoms with E-state index in [1.807, 2.05) is 6.92 Å². The summed E-state index contributed by atoms with van der Waals surface area (Å²) in [7, 11) is -3.74. The summed E-state index contributed by atoms with van der Waals surface area (Å²) in [5.41, 5.74) is 7.18. The number of halogens is 1. The molecule has 100 valence electrons. The molecule has 0 saturated heterocycles. The van der Waals surface area contributed by atoms with Crippen molar-refractivity contribution in [3.8, 4) is 0 Å². The fraction of sp³-hybridized carbons (Fsp3) is 0.0769. The van der Waals surface area contributed by atoms with E-state index in [4.69, 9.17) is 17.3 Å². The zero-order valence-corrected chi connectivity index (χ0v) is 11.8. The number of nitrogen functional groups attached to an aromatic ring is 1. The molecule has 0 aromatic heterocycles. The summed E-state index contributed by atoms with van der Waals surface area (Å²) in [6.45, 7) is 1.84. The second kappa shape index (κ2) is 5.11. The lowest BCUT2D eigenvalue weighted by Crippen LogP contribution is -2.15. The van der Waals surface area contributed by atoms with Gasteiger partial charge in [-0.15, -0.1) is 0 Å². The minimum atomic E-state index is -3.74. The van der Waals surface area contributed by atoms with Gasteiger partial charge in [0, 0.05) is 0 Å². The van der Waals surface area contributed by atoms with Crippen LogP contribution < -0.4 is 10.5 Å². The number of sulfonamides is 1. The summed E-state index contributed by atoms with van der Waals surface area (Å²) >= 11 is 5.92. The third-order valence-electron chi connectivity index (χ3n) is 2.57. The van der Waals surface area contributed by atoms with Crippen LogP contribution in [0, 0.1) is 6.92 Å². The smallest absolute Gasteiger partial charge is 0.263 e. The summed E-state index contributed by atoms with van der Waals surface area (Å²) < 4.78 is 26.9. The molecule has 0 amide bonds. The highest BCUT2D eigenvalue weighted by Gasteiger charge is 2.18. The van der Waals surface area contributed by atoms with Crippen molar-refractivity contribution in [1.82, 2.24) is 0 Å². The largest absolute Gasteiger partial charge is 0.398 e. The first-order chi connectivity index (χ1) is 8.90. The highest BCUT2D eigenvalue weighted by atomic mass is 35.5. The molecule has 0 aliphatic rings. The van der Waals surface area contributed by atoms with Crippen LogP contribution in [0.5, 0.6) is 0 Å². The lowest BCUT2D eigenvalue weighted by Gasteiger charge is -2.11. The van der Waals surface area contributed by atoms with Crippen molar-refractivity contribution in [1.29, 1.82) is 0 Å². The van der Waals surface area contributed by atoms with Crippen molar-refractivity contribution in [3.63, 3.8) is 0 Å². The van der Waals surface area contributed by atoms with Gasteiger partial charge in [0.05, 0.1) is 16.4 Å². The molecule has 4 nitrogen and oxygen atoms in total. The Balaban J connectivity index is 2.41. The highest BCUT2D eigenvalue weighted by molar-refractivity contribution is 7.92. The molecule has 0 aliphatic heterocycles. The summed E-state index contributed by atoms with van der Waals surface area (Å²) in [6.07, 6.45) is 0. The van der Waals surface area contributed by atoms with E-state index >= 15 is 0 Å². The number of hydrogen-bond acceptors (Lipinski definition) is 3.